The monoisotopic (exact) mass is 586 g/mol. The number of benzene rings is 2. The Morgan fingerprint density at radius 3 is 2.49 bits per heavy atom. The van der Waals surface area contributed by atoms with E-state index in [0.717, 1.165) is 21.4 Å². The number of morpholine rings is 1. The molecule has 2 unspecified atom stereocenters. The van der Waals surface area contributed by atoms with E-state index >= 15 is 4.57 Å². The van der Waals surface area contributed by atoms with Crippen molar-refractivity contribution in [2.75, 3.05) is 48.7 Å². The van der Waals surface area contributed by atoms with Crippen molar-refractivity contribution in [3.05, 3.63) is 70.6 Å². The van der Waals surface area contributed by atoms with E-state index in [4.69, 9.17) is 9.15 Å². The number of hydrogen-bond donors (Lipinski definition) is 2. The van der Waals surface area contributed by atoms with Crippen LogP contribution in [0.1, 0.15) is 36.9 Å². The molecule has 37 heavy (non-hydrogen) atoms. The summed E-state index contributed by atoms with van der Waals surface area (Å²) >= 11 is 3.48. The lowest BCUT2D eigenvalue weighted by Crippen LogP contribution is -2.40. The first kappa shape index (κ1) is 26.0. The highest BCUT2D eigenvalue weighted by Gasteiger charge is 2.44. The van der Waals surface area contributed by atoms with E-state index in [2.05, 4.69) is 59.1 Å². The number of carbonyl (C=O) groups excluding carboxylic acids is 1. The lowest BCUT2D eigenvalue weighted by molar-refractivity contribution is 0.0729. The summed E-state index contributed by atoms with van der Waals surface area (Å²) in [6, 6.07) is 15.1. The molecule has 1 saturated heterocycles. The van der Waals surface area contributed by atoms with Crippen LogP contribution in [0.4, 0.5) is 17.1 Å². The molecule has 2 atom stereocenters. The zero-order valence-corrected chi connectivity index (χ0v) is 23.9. The first-order valence-electron chi connectivity index (χ1n) is 12.3. The normalized spacial score (nSPS) is 20.8. The number of ether oxygens (including phenoxy) is 1. The van der Waals surface area contributed by atoms with Gasteiger partial charge in [0.05, 0.1) is 30.5 Å². The van der Waals surface area contributed by atoms with Gasteiger partial charge in [0.25, 0.3) is 13.4 Å². The average molecular weight is 587 g/mol. The molecule has 0 spiro atoms. The predicted octanol–water partition coefficient (Wildman–Crippen LogP) is 5.67. The topological polar surface area (TPSA) is 87.0 Å². The minimum absolute atomic E-state index is 0.185. The second kappa shape index (κ2) is 9.95. The molecule has 10 heteroatoms. The van der Waals surface area contributed by atoms with Crippen molar-refractivity contribution in [1.29, 1.82) is 0 Å². The SMILES string of the molecule is CC1N(C)c2cc(NC(=O)c3ccco3)c(P(=O)(Nc3ccc(Br)cc3)N3CCOCC3)cc2C1(C)C. The molecular weight excluding hydrogens is 555 g/mol. The molecule has 0 aliphatic carbocycles. The Kier molecular flexibility index (Phi) is 7.00. The fourth-order valence-corrected chi connectivity index (χ4v) is 7.87. The van der Waals surface area contributed by atoms with Crippen molar-refractivity contribution >= 4 is 51.6 Å². The highest BCUT2D eigenvalue weighted by molar-refractivity contribution is 9.10. The number of amides is 1. The maximum atomic E-state index is 15.2. The highest BCUT2D eigenvalue weighted by Crippen LogP contribution is 2.54. The van der Waals surface area contributed by atoms with Crippen LogP contribution in [-0.4, -0.2) is 50.0 Å². The number of anilines is 3. The third kappa shape index (κ3) is 4.74. The van der Waals surface area contributed by atoms with Gasteiger partial charge in [0.2, 0.25) is 0 Å². The number of nitrogens with one attached hydrogen (secondary N) is 2. The molecule has 2 N–H and O–H groups in total. The molecular formula is C27H32BrN4O4P. The number of fused-ring (bicyclic) bond motifs is 1. The third-order valence-corrected chi connectivity index (χ3v) is 11.0. The van der Waals surface area contributed by atoms with E-state index in [-0.39, 0.29) is 17.2 Å². The van der Waals surface area contributed by atoms with Gasteiger partial charge in [-0.25, -0.2) is 4.67 Å². The first-order valence-corrected chi connectivity index (χ1v) is 14.8. The summed E-state index contributed by atoms with van der Waals surface area (Å²) in [6.45, 7) is 8.56. The molecule has 5 rings (SSSR count). The third-order valence-electron chi connectivity index (χ3n) is 7.64. The molecule has 196 valence electrons. The fraction of sp³-hybridized carbons (Fsp3) is 0.370. The quantitative estimate of drug-likeness (QED) is 0.360. The van der Waals surface area contributed by atoms with Gasteiger partial charge < -0.3 is 24.5 Å². The van der Waals surface area contributed by atoms with Crippen LogP contribution in [0.2, 0.25) is 0 Å². The van der Waals surface area contributed by atoms with Crippen molar-refractivity contribution in [3.63, 3.8) is 0 Å². The largest absolute Gasteiger partial charge is 0.459 e. The van der Waals surface area contributed by atoms with Gasteiger partial charge in [0, 0.05) is 47.4 Å². The molecule has 2 aromatic carbocycles. The van der Waals surface area contributed by atoms with Gasteiger partial charge in [-0.2, -0.15) is 0 Å². The molecule has 0 saturated carbocycles. The van der Waals surface area contributed by atoms with Gasteiger partial charge in [-0.1, -0.05) is 29.8 Å². The van der Waals surface area contributed by atoms with E-state index in [9.17, 15) is 4.79 Å². The Labute approximate surface area is 226 Å². The van der Waals surface area contributed by atoms with Crippen molar-refractivity contribution in [2.45, 2.75) is 32.2 Å². The molecule has 1 fully saturated rings. The molecule has 2 aliphatic rings. The van der Waals surface area contributed by atoms with E-state index in [1.165, 1.54) is 6.26 Å². The van der Waals surface area contributed by atoms with Crippen LogP contribution < -0.4 is 20.6 Å². The van der Waals surface area contributed by atoms with Crippen LogP contribution in [0.5, 0.6) is 0 Å². The Bertz CT molecular complexity index is 1340. The number of rotatable bonds is 6. The van der Waals surface area contributed by atoms with Crippen LogP contribution in [0.15, 0.2) is 63.7 Å². The maximum Gasteiger partial charge on any atom is 0.291 e. The van der Waals surface area contributed by atoms with Crippen molar-refractivity contribution < 1.29 is 18.5 Å². The summed E-state index contributed by atoms with van der Waals surface area (Å²) in [5.74, 6) is -0.202. The van der Waals surface area contributed by atoms with Crippen molar-refractivity contribution in [2.24, 2.45) is 0 Å². The summed E-state index contributed by atoms with van der Waals surface area (Å²) < 4.78 is 29.1. The Hall–Kier alpha value is -2.58. The maximum absolute atomic E-state index is 15.2. The second-order valence-corrected chi connectivity index (χ2v) is 13.4. The smallest absolute Gasteiger partial charge is 0.291 e. The van der Waals surface area contributed by atoms with Crippen molar-refractivity contribution in [3.8, 4) is 0 Å². The standard InChI is InChI=1S/C27H32BrN4O4P/c1-18-27(2,3)21-16-25(22(17-23(21)31(18)4)29-26(33)24-6-5-13-36-24)37(34,32-11-14-35-15-12-32)30-20-9-7-19(28)8-10-20/h5-10,13,16-18H,11-12,14-15H2,1-4H3,(H,29,33)(H,30,34). The number of nitrogens with zero attached hydrogens (tertiary/aromatic N) is 2. The summed E-state index contributed by atoms with van der Waals surface area (Å²) in [5, 5.41) is 6.94. The molecule has 0 radical (unpaired) electrons. The van der Waals surface area contributed by atoms with Gasteiger partial charge >= 0.3 is 0 Å². The molecule has 1 amide bonds. The summed E-state index contributed by atoms with van der Waals surface area (Å²) in [7, 11) is -1.41. The van der Waals surface area contributed by atoms with Gasteiger partial charge in [0.15, 0.2) is 5.76 Å². The van der Waals surface area contributed by atoms with E-state index in [0.29, 0.717) is 37.3 Å². The van der Waals surface area contributed by atoms with E-state index < -0.39 is 13.4 Å². The molecule has 2 aliphatic heterocycles. The first-order chi connectivity index (χ1) is 17.6. The van der Waals surface area contributed by atoms with Gasteiger partial charge in [-0.15, -0.1) is 0 Å². The molecule has 3 heterocycles. The summed E-state index contributed by atoms with van der Waals surface area (Å²) in [5.41, 5.74) is 3.14. The van der Waals surface area contributed by atoms with Crippen molar-refractivity contribution in [1.82, 2.24) is 4.67 Å². The lowest BCUT2D eigenvalue weighted by Gasteiger charge is -2.36. The minimum atomic E-state index is -3.46. The van der Waals surface area contributed by atoms with Crippen LogP contribution in [-0.2, 0) is 14.7 Å². The average Bonchev–Trinajstić information content (AvgIpc) is 3.49. The Morgan fingerprint density at radius 1 is 1.14 bits per heavy atom. The van der Waals surface area contributed by atoms with Gasteiger partial charge in [-0.05, 0) is 61.0 Å². The van der Waals surface area contributed by atoms with Crippen LogP contribution >= 0.6 is 23.4 Å². The van der Waals surface area contributed by atoms with E-state index in [1.54, 1.807) is 12.1 Å². The van der Waals surface area contributed by atoms with E-state index in [1.807, 2.05) is 41.1 Å². The van der Waals surface area contributed by atoms with Crippen LogP contribution in [0.3, 0.4) is 0 Å². The van der Waals surface area contributed by atoms with Gasteiger partial charge in [-0.3, -0.25) is 9.36 Å². The molecule has 8 nitrogen and oxygen atoms in total. The van der Waals surface area contributed by atoms with Gasteiger partial charge in [0.1, 0.15) is 0 Å². The number of halogens is 1. The van der Waals surface area contributed by atoms with Crippen LogP contribution in [0.25, 0.3) is 0 Å². The number of furan rings is 1. The number of carbonyl (C=O) groups is 1. The second-order valence-electron chi connectivity index (χ2n) is 10.1. The predicted molar refractivity (Wildman–Crippen MR) is 151 cm³/mol. The summed E-state index contributed by atoms with van der Waals surface area (Å²) in [4.78, 5) is 15.3. The zero-order valence-electron chi connectivity index (χ0n) is 21.5. The molecule has 1 aromatic heterocycles. The zero-order chi connectivity index (χ0) is 26.4. The number of likely N-dealkylation sites (N-methyl/N-ethyl adjacent to an activating group) is 1. The number of hydrogen-bond acceptors (Lipinski definition) is 5. The lowest BCUT2D eigenvalue weighted by atomic mass is 9.81. The Morgan fingerprint density at radius 2 is 1.84 bits per heavy atom. The molecule has 0 bridgehead atoms. The Balaban J connectivity index is 1.69. The fourth-order valence-electron chi connectivity index (χ4n) is 5.06. The highest BCUT2D eigenvalue weighted by atomic mass is 79.9. The molecule has 3 aromatic rings. The minimum Gasteiger partial charge on any atom is -0.459 e. The summed E-state index contributed by atoms with van der Waals surface area (Å²) in [6.07, 6.45) is 1.46. The van der Waals surface area contributed by atoms with Crippen LogP contribution in [0, 0.1) is 0 Å².